The highest BCUT2D eigenvalue weighted by molar-refractivity contribution is 7.92. The fourth-order valence-corrected chi connectivity index (χ4v) is 4.49. The quantitative estimate of drug-likeness (QED) is 0.497. The lowest BCUT2D eigenvalue weighted by Gasteiger charge is -2.19. The van der Waals surface area contributed by atoms with Crippen molar-refractivity contribution >= 4 is 38.4 Å². The summed E-state index contributed by atoms with van der Waals surface area (Å²) < 4.78 is 28.8. The molecule has 0 aliphatic carbocycles. The van der Waals surface area contributed by atoms with Gasteiger partial charge in [0.15, 0.2) is 0 Å². The zero-order valence-corrected chi connectivity index (χ0v) is 18.5. The Kier molecular flexibility index (Phi) is 6.65. The predicted molar refractivity (Wildman–Crippen MR) is 121 cm³/mol. The molecule has 3 N–H and O–H groups in total. The Morgan fingerprint density at radius 2 is 1.84 bits per heavy atom. The highest BCUT2D eigenvalue weighted by atomic mass is 32.2. The molecule has 1 aromatic heterocycles. The van der Waals surface area contributed by atoms with Gasteiger partial charge in [-0.2, -0.15) is 0 Å². The van der Waals surface area contributed by atoms with Crippen molar-refractivity contribution in [3.8, 4) is 0 Å². The fourth-order valence-electron chi connectivity index (χ4n) is 3.24. The number of nitrogens with one attached hydrogen (secondary N) is 3. The smallest absolute Gasteiger partial charge is 0.267 e. The highest BCUT2D eigenvalue weighted by Gasteiger charge is 2.24. The number of fused-ring (bicyclic) bond motifs is 1. The first-order valence-electron chi connectivity index (χ1n) is 9.99. The van der Waals surface area contributed by atoms with E-state index in [2.05, 4.69) is 15.0 Å². The molecule has 2 amide bonds. The third kappa shape index (κ3) is 4.88. The van der Waals surface area contributed by atoms with Gasteiger partial charge >= 0.3 is 0 Å². The Hall–Kier alpha value is -3.33. The van der Waals surface area contributed by atoms with Crippen molar-refractivity contribution in [3.63, 3.8) is 0 Å². The first-order valence-corrected chi connectivity index (χ1v) is 11.5. The molecular formula is C22H26N4O4S. The fraction of sp³-hybridized carbons (Fsp3) is 0.273. The van der Waals surface area contributed by atoms with Crippen molar-refractivity contribution < 1.29 is 18.0 Å². The average Bonchev–Trinajstić information content (AvgIpc) is 3.19. The van der Waals surface area contributed by atoms with Gasteiger partial charge in [0.05, 0.1) is 5.56 Å². The second-order valence-electron chi connectivity index (χ2n) is 7.25. The summed E-state index contributed by atoms with van der Waals surface area (Å²) >= 11 is 0. The van der Waals surface area contributed by atoms with Crippen molar-refractivity contribution in [1.29, 1.82) is 0 Å². The van der Waals surface area contributed by atoms with Crippen LogP contribution in [0.4, 0.5) is 5.69 Å². The number of hydrogen-bond acceptors (Lipinski definition) is 4. The number of sulfonamides is 1. The average molecular weight is 443 g/mol. The van der Waals surface area contributed by atoms with Crippen LogP contribution >= 0.6 is 0 Å². The molecule has 8 nitrogen and oxygen atoms in total. The van der Waals surface area contributed by atoms with Gasteiger partial charge in [0.25, 0.3) is 21.8 Å². The summed E-state index contributed by atoms with van der Waals surface area (Å²) in [4.78, 5) is 29.1. The maximum atomic E-state index is 13.1. The minimum atomic E-state index is -4.01. The highest BCUT2D eigenvalue weighted by Crippen LogP contribution is 2.24. The molecule has 164 valence electrons. The number of carbonyl (C=O) groups is 2. The van der Waals surface area contributed by atoms with Crippen molar-refractivity contribution in [2.45, 2.75) is 24.7 Å². The van der Waals surface area contributed by atoms with E-state index >= 15 is 0 Å². The lowest BCUT2D eigenvalue weighted by molar-refractivity contribution is 0.0789. The number of amides is 2. The maximum Gasteiger partial charge on any atom is 0.267 e. The van der Waals surface area contributed by atoms with E-state index in [4.69, 9.17) is 0 Å². The minimum absolute atomic E-state index is 0.0800. The van der Waals surface area contributed by atoms with E-state index in [0.717, 1.165) is 12.8 Å². The third-order valence-corrected chi connectivity index (χ3v) is 6.38. The second kappa shape index (κ2) is 9.22. The van der Waals surface area contributed by atoms with Gasteiger partial charge in [0.1, 0.15) is 10.6 Å². The van der Waals surface area contributed by atoms with Gasteiger partial charge in [-0.25, -0.2) is 8.42 Å². The maximum absolute atomic E-state index is 13.1. The monoisotopic (exact) mass is 442 g/mol. The summed E-state index contributed by atoms with van der Waals surface area (Å²) in [5.74, 6) is -0.608. The van der Waals surface area contributed by atoms with E-state index in [-0.39, 0.29) is 22.3 Å². The molecule has 2 aromatic carbocycles. The Bertz CT molecular complexity index is 1220. The van der Waals surface area contributed by atoms with Crippen LogP contribution in [0.5, 0.6) is 0 Å². The Morgan fingerprint density at radius 3 is 2.55 bits per heavy atom. The Balaban J connectivity index is 1.91. The SMILES string of the molecule is CCCCN(C)C(=O)c1ccccc1S(=O)(=O)Nc1ccc2[nH]c(C(=O)NC)cc2c1. The molecule has 0 saturated carbocycles. The van der Waals surface area contributed by atoms with Crippen LogP contribution in [0.15, 0.2) is 53.4 Å². The van der Waals surface area contributed by atoms with Gasteiger partial charge in [-0.3, -0.25) is 14.3 Å². The molecule has 0 saturated heterocycles. The first-order chi connectivity index (χ1) is 14.8. The van der Waals surface area contributed by atoms with E-state index in [0.29, 0.717) is 28.8 Å². The normalized spacial score (nSPS) is 11.3. The molecule has 0 bridgehead atoms. The molecule has 0 atom stereocenters. The number of carbonyl (C=O) groups excluding carboxylic acids is 2. The van der Waals surface area contributed by atoms with Crippen molar-refractivity contribution in [2.24, 2.45) is 0 Å². The van der Waals surface area contributed by atoms with Crippen molar-refractivity contribution in [1.82, 2.24) is 15.2 Å². The molecule has 0 unspecified atom stereocenters. The van der Waals surface area contributed by atoms with E-state index in [1.54, 1.807) is 43.4 Å². The first kappa shape index (κ1) is 22.4. The van der Waals surface area contributed by atoms with Crippen molar-refractivity contribution in [3.05, 3.63) is 59.8 Å². The van der Waals surface area contributed by atoms with Crippen LogP contribution in [-0.2, 0) is 10.0 Å². The number of benzene rings is 2. The van der Waals surface area contributed by atoms with Crippen LogP contribution in [0.2, 0.25) is 0 Å². The number of aromatic amines is 1. The van der Waals surface area contributed by atoms with E-state index in [9.17, 15) is 18.0 Å². The summed E-state index contributed by atoms with van der Waals surface area (Å²) in [6.07, 6.45) is 1.77. The number of anilines is 1. The van der Waals surface area contributed by atoms with Crippen molar-refractivity contribution in [2.75, 3.05) is 25.4 Å². The summed E-state index contributed by atoms with van der Waals surface area (Å²) in [7, 11) is -0.814. The molecule has 31 heavy (non-hydrogen) atoms. The van der Waals surface area contributed by atoms with Crippen LogP contribution in [-0.4, -0.2) is 50.8 Å². The number of unbranched alkanes of at least 4 members (excludes halogenated alkanes) is 1. The topological polar surface area (TPSA) is 111 Å². The van der Waals surface area contributed by atoms with Gasteiger partial charge < -0.3 is 15.2 Å². The molecule has 0 aliphatic rings. The number of H-pyrrole nitrogens is 1. The number of rotatable bonds is 8. The number of nitrogens with zero attached hydrogens (tertiary/aromatic N) is 1. The minimum Gasteiger partial charge on any atom is -0.354 e. The summed E-state index contributed by atoms with van der Waals surface area (Å²) in [6, 6.07) is 12.7. The number of aromatic nitrogens is 1. The predicted octanol–water partition coefficient (Wildman–Crippen LogP) is 3.20. The summed E-state index contributed by atoms with van der Waals surface area (Å²) in [5, 5.41) is 3.22. The van der Waals surface area contributed by atoms with Gasteiger partial charge in [-0.05, 0) is 42.8 Å². The van der Waals surface area contributed by atoms with E-state index in [1.165, 1.54) is 24.1 Å². The largest absolute Gasteiger partial charge is 0.354 e. The van der Waals surface area contributed by atoms with Gasteiger partial charge in [-0.15, -0.1) is 0 Å². The zero-order valence-electron chi connectivity index (χ0n) is 17.7. The van der Waals surface area contributed by atoms with Crippen LogP contribution in [0, 0.1) is 0 Å². The van der Waals surface area contributed by atoms with Gasteiger partial charge in [-0.1, -0.05) is 25.5 Å². The Labute approximate surface area is 181 Å². The van der Waals surface area contributed by atoms with E-state index < -0.39 is 10.0 Å². The molecule has 0 spiro atoms. The molecule has 1 heterocycles. The third-order valence-electron chi connectivity index (χ3n) is 4.95. The van der Waals surface area contributed by atoms with Crippen LogP contribution < -0.4 is 10.0 Å². The Morgan fingerprint density at radius 1 is 1.10 bits per heavy atom. The van der Waals surface area contributed by atoms with Crippen LogP contribution in [0.25, 0.3) is 10.9 Å². The standard InChI is InChI=1S/C22H26N4O4S/c1-4-5-12-26(3)22(28)17-8-6-7-9-20(17)31(29,30)25-16-10-11-18-15(13-16)14-19(24-18)21(27)23-2/h6-11,13-14,24-25H,4-5,12H2,1-3H3,(H,23,27). The van der Waals surface area contributed by atoms with Crippen LogP contribution in [0.1, 0.15) is 40.6 Å². The summed E-state index contributed by atoms with van der Waals surface area (Å²) in [6.45, 7) is 2.58. The molecular weight excluding hydrogens is 416 g/mol. The molecule has 3 rings (SSSR count). The molecule has 0 fully saturated rings. The van der Waals surface area contributed by atoms with Gasteiger partial charge in [0.2, 0.25) is 0 Å². The zero-order chi connectivity index (χ0) is 22.6. The van der Waals surface area contributed by atoms with Crippen LogP contribution in [0.3, 0.4) is 0 Å². The molecule has 0 aliphatic heterocycles. The second-order valence-corrected chi connectivity index (χ2v) is 8.90. The lowest BCUT2D eigenvalue weighted by Crippen LogP contribution is -2.29. The summed E-state index contributed by atoms with van der Waals surface area (Å²) in [5.41, 5.74) is 1.54. The molecule has 3 aromatic rings. The molecule has 0 radical (unpaired) electrons. The lowest BCUT2D eigenvalue weighted by atomic mass is 10.2. The number of hydrogen-bond donors (Lipinski definition) is 3. The van der Waals surface area contributed by atoms with E-state index in [1.807, 2.05) is 6.92 Å². The van der Waals surface area contributed by atoms with Gasteiger partial charge in [0, 0.05) is 37.2 Å². The molecule has 9 heteroatoms.